The maximum absolute atomic E-state index is 5.05. The molecule has 0 spiro atoms. The van der Waals surface area contributed by atoms with Crippen LogP contribution in [0.1, 0.15) is 12.2 Å². The highest BCUT2D eigenvalue weighted by Gasteiger charge is 2.19. The van der Waals surface area contributed by atoms with Gasteiger partial charge in [-0.2, -0.15) is 4.98 Å². The summed E-state index contributed by atoms with van der Waals surface area (Å²) in [5, 5.41) is 8.12. The maximum Gasteiger partial charge on any atom is 0.213 e. The monoisotopic (exact) mass is 256 g/mol. The van der Waals surface area contributed by atoms with Crippen LogP contribution in [0.5, 0.6) is 0 Å². The molecule has 7 heteroatoms. The van der Waals surface area contributed by atoms with E-state index in [1.54, 1.807) is 18.9 Å². The Bertz CT molecular complexity index is 355. The number of nitrogens with one attached hydrogen (secondary N) is 1. The third-order valence-electron chi connectivity index (χ3n) is 2.42. The van der Waals surface area contributed by atoms with E-state index in [0.29, 0.717) is 24.8 Å². The molecule has 1 saturated heterocycles. The summed E-state index contributed by atoms with van der Waals surface area (Å²) in [6.45, 7) is 1.47. The lowest BCUT2D eigenvalue weighted by atomic mass is 10.2. The fourth-order valence-electron chi connectivity index (χ4n) is 1.50. The zero-order chi connectivity index (χ0) is 11.9. The number of methoxy groups -OCH3 is 1. The van der Waals surface area contributed by atoms with Crippen molar-refractivity contribution in [2.75, 3.05) is 26.0 Å². The number of aliphatic imine (C=N–C) groups is 1. The van der Waals surface area contributed by atoms with Gasteiger partial charge in [0.25, 0.3) is 0 Å². The number of hydrogen-bond donors (Lipinski definition) is 1. The largest absolute Gasteiger partial charge is 0.385 e. The van der Waals surface area contributed by atoms with Crippen LogP contribution in [-0.2, 0) is 11.2 Å². The van der Waals surface area contributed by atoms with Gasteiger partial charge in [0.05, 0.1) is 0 Å². The number of hydrogen-bond acceptors (Lipinski definition) is 6. The second-order valence-corrected chi connectivity index (χ2v) is 4.73. The highest BCUT2D eigenvalue weighted by Crippen LogP contribution is 2.15. The van der Waals surface area contributed by atoms with E-state index in [4.69, 9.17) is 4.74 Å². The van der Waals surface area contributed by atoms with Crippen molar-refractivity contribution < 1.29 is 9.26 Å². The van der Waals surface area contributed by atoms with Crippen LogP contribution in [-0.4, -0.2) is 47.4 Å². The first-order valence-electron chi connectivity index (χ1n) is 5.56. The van der Waals surface area contributed by atoms with Crippen LogP contribution in [0.4, 0.5) is 0 Å². The van der Waals surface area contributed by atoms with Crippen molar-refractivity contribution in [2.45, 2.75) is 18.9 Å². The molecule has 2 rings (SSSR count). The van der Waals surface area contributed by atoms with Crippen molar-refractivity contribution in [3.8, 4) is 0 Å². The molecule has 0 saturated carbocycles. The molecule has 1 atom stereocenters. The van der Waals surface area contributed by atoms with Gasteiger partial charge in [-0.25, -0.2) is 0 Å². The van der Waals surface area contributed by atoms with Gasteiger partial charge in [0.1, 0.15) is 0 Å². The second-order valence-electron chi connectivity index (χ2n) is 3.72. The Morgan fingerprint density at radius 1 is 1.71 bits per heavy atom. The Balaban J connectivity index is 1.69. The molecule has 0 bridgehead atoms. The van der Waals surface area contributed by atoms with E-state index in [0.717, 1.165) is 23.9 Å². The van der Waals surface area contributed by atoms with Gasteiger partial charge in [-0.3, -0.25) is 4.99 Å². The summed E-state index contributed by atoms with van der Waals surface area (Å²) < 4.78 is 9.71. The molecule has 0 radical (unpaired) electrons. The van der Waals surface area contributed by atoms with Gasteiger partial charge in [0, 0.05) is 38.5 Å². The minimum atomic E-state index is 0.476. The smallest absolute Gasteiger partial charge is 0.213 e. The summed E-state index contributed by atoms with van der Waals surface area (Å²) >= 11 is 1.76. The van der Waals surface area contributed by atoms with Gasteiger partial charge in [-0.15, -0.1) is 0 Å². The molecule has 1 aromatic heterocycles. The summed E-state index contributed by atoms with van der Waals surface area (Å²) in [4.78, 5) is 8.41. The van der Waals surface area contributed by atoms with Gasteiger partial charge in [-0.05, 0) is 6.42 Å². The fourth-order valence-corrected chi connectivity index (χ4v) is 2.55. The van der Waals surface area contributed by atoms with Crippen LogP contribution in [0.25, 0.3) is 0 Å². The molecule has 2 heterocycles. The number of thioether (sulfide) groups is 1. The number of ether oxygens (including phenoxy) is 1. The summed E-state index contributed by atoms with van der Waals surface area (Å²) in [7, 11) is 1.72. The SMILES string of the molecule is COCCC1CSC(=NCCc2ncon2)N1. The van der Waals surface area contributed by atoms with E-state index in [2.05, 4.69) is 25.0 Å². The highest BCUT2D eigenvalue weighted by atomic mass is 32.2. The molecule has 1 unspecified atom stereocenters. The van der Waals surface area contributed by atoms with E-state index in [1.807, 2.05) is 0 Å². The van der Waals surface area contributed by atoms with E-state index in [1.165, 1.54) is 6.39 Å². The number of aromatic nitrogens is 2. The Kier molecular flexibility index (Phi) is 4.81. The first kappa shape index (κ1) is 12.4. The van der Waals surface area contributed by atoms with Crippen LogP contribution >= 0.6 is 11.8 Å². The van der Waals surface area contributed by atoms with Crippen LogP contribution < -0.4 is 5.32 Å². The highest BCUT2D eigenvalue weighted by molar-refractivity contribution is 8.14. The molecule has 0 amide bonds. The lowest BCUT2D eigenvalue weighted by molar-refractivity contribution is 0.188. The zero-order valence-corrected chi connectivity index (χ0v) is 10.6. The minimum absolute atomic E-state index is 0.476. The molecule has 17 heavy (non-hydrogen) atoms. The molecule has 1 aliphatic heterocycles. The number of amidine groups is 1. The summed E-state index contributed by atoms with van der Waals surface area (Å²) in [6.07, 6.45) is 3.07. The predicted octanol–water partition coefficient (Wildman–Crippen LogP) is 0.710. The van der Waals surface area contributed by atoms with Crippen molar-refractivity contribution in [3.63, 3.8) is 0 Å². The molecule has 6 nitrogen and oxygen atoms in total. The van der Waals surface area contributed by atoms with Gasteiger partial charge < -0.3 is 14.6 Å². The minimum Gasteiger partial charge on any atom is -0.385 e. The van der Waals surface area contributed by atoms with Crippen molar-refractivity contribution in [3.05, 3.63) is 12.2 Å². The van der Waals surface area contributed by atoms with Crippen LogP contribution in [0.15, 0.2) is 15.9 Å². The first-order chi connectivity index (χ1) is 8.38. The molecule has 1 fully saturated rings. The first-order valence-corrected chi connectivity index (χ1v) is 6.55. The van der Waals surface area contributed by atoms with Crippen molar-refractivity contribution in [2.24, 2.45) is 4.99 Å². The van der Waals surface area contributed by atoms with Crippen LogP contribution in [0.2, 0.25) is 0 Å². The average molecular weight is 256 g/mol. The Hall–Kier alpha value is -1.08. The number of nitrogens with zero attached hydrogens (tertiary/aromatic N) is 3. The Morgan fingerprint density at radius 2 is 2.65 bits per heavy atom. The molecule has 0 aromatic carbocycles. The van der Waals surface area contributed by atoms with Gasteiger partial charge >= 0.3 is 0 Å². The standard InChI is InChI=1S/C10H16N4O2S/c1-15-5-3-8-6-17-10(13-8)11-4-2-9-12-7-16-14-9/h7-8H,2-6H2,1H3,(H,11,13). The van der Waals surface area contributed by atoms with E-state index < -0.39 is 0 Å². The normalized spacial score (nSPS) is 21.9. The average Bonchev–Trinajstić information content (AvgIpc) is 2.98. The molecule has 0 aliphatic carbocycles. The zero-order valence-electron chi connectivity index (χ0n) is 9.76. The summed E-state index contributed by atoms with van der Waals surface area (Å²) in [6, 6.07) is 0.476. The molecule has 1 aliphatic rings. The maximum atomic E-state index is 5.05. The third kappa shape index (κ3) is 4.01. The lowest BCUT2D eigenvalue weighted by Crippen LogP contribution is -2.28. The van der Waals surface area contributed by atoms with Gasteiger partial charge in [-0.1, -0.05) is 16.9 Å². The molecule has 94 valence electrons. The van der Waals surface area contributed by atoms with Crippen molar-refractivity contribution in [1.29, 1.82) is 0 Å². The molecular weight excluding hydrogens is 240 g/mol. The van der Waals surface area contributed by atoms with Crippen LogP contribution in [0.3, 0.4) is 0 Å². The Labute approximate surface area is 104 Å². The molecular formula is C10H16N4O2S. The summed E-state index contributed by atoms with van der Waals surface area (Å²) in [5.41, 5.74) is 0. The fraction of sp³-hybridized carbons (Fsp3) is 0.700. The molecule has 1 aromatic rings. The molecule has 1 N–H and O–H groups in total. The lowest BCUT2D eigenvalue weighted by Gasteiger charge is -2.07. The second kappa shape index (κ2) is 6.61. The number of rotatable bonds is 6. The summed E-state index contributed by atoms with van der Waals surface area (Å²) in [5.74, 6) is 1.76. The third-order valence-corrected chi connectivity index (χ3v) is 3.51. The van der Waals surface area contributed by atoms with E-state index in [-0.39, 0.29) is 0 Å². The van der Waals surface area contributed by atoms with Gasteiger partial charge in [0.2, 0.25) is 6.39 Å². The van der Waals surface area contributed by atoms with Crippen molar-refractivity contribution >= 4 is 16.9 Å². The quantitative estimate of drug-likeness (QED) is 0.808. The predicted molar refractivity (Wildman–Crippen MR) is 66.2 cm³/mol. The topological polar surface area (TPSA) is 72.5 Å². The Morgan fingerprint density at radius 3 is 3.41 bits per heavy atom. The van der Waals surface area contributed by atoms with Gasteiger partial charge in [0.15, 0.2) is 11.0 Å². The van der Waals surface area contributed by atoms with E-state index in [9.17, 15) is 0 Å². The van der Waals surface area contributed by atoms with Crippen LogP contribution in [0, 0.1) is 0 Å². The van der Waals surface area contributed by atoms with E-state index >= 15 is 0 Å². The van der Waals surface area contributed by atoms with Crippen molar-refractivity contribution in [1.82, 2.24) is 15.5 Å².